The third-order valence-electron chi connectivity index (χ3n) is 3.51. The minimum Gasteiger partial charge on any atom is -0.455 e. The highest BCUT2D eigenvalue weighted by atomic mass is 35.5. The zero-order chi connectivity index (χ0) is 18.0. The summed E-state index contributed by atoms with van der Waals surface area (Å²) in [5, 5.41) is 0.273. The molecule has 0 spiro atoms. The Bertz CT molecular complexity index is 981. The summed E-state index contributed by atoms with van der Waals surface area (Å²) in [4.78, 5) is 30.6. The highest BCUT2D eigenvalue weighted by molar-refractivity contribution is 6.33. The molecule has 0 amide bonds. The zero-order valence-corrected chi connectivity index (χ0v) is 14.6. The molecule has 3 rings (SSSR count). The maximum atomic E-state index is 12.2. The Balaban J connectivity index is 1.87. The lowest BCUT2D eigenvalue weighted by molar-refractivity contribution is 0.0464. The third-order valence-corrected chi connectivity index (χ3v) is 4.07. The van der Waals surface area contributed by atoms with Crippen LogP contribution in [0.25, 0.3) is 5.69 Å². The van der Waals surface area contributed by atoms with Gasteiger partial charge in [-0.15, -0.1) is 0 Å². The number of aromatic amines is 1. The first kappa shape index (κ1) is 17.3. The van der Waals surface area contributed by atoms with Crippen LogP contribution in [-0.2, 0) is 11.3 Å². The number of esters is 1. The molecule has 0 fully saturated rings. The number of ether oxygens (including phenoxy) is 1. The number of rotatable bonds is 4. The number of nitrogens with zero attached hydrogens (tertiary/aromatic N) is 2. The largest absolute Gasteiger partial charge is 0.455 e. The van der Waals surface area contributed by atoms with Crippen molar-refractivity contribution < 1.29 is 9.53 Å². The van der Waals surface area contributed by atoms with E-state index in [0.717, 1.165) is 5.69 Å². The summed E-state index contributed by atoms with van der Waals surface area (Å²) >= 11 is 12.2. The van der Waals surface area contributed by atoms with Gasteiger partial charge in [0.1, 0.15) is 17.9 Å². The van der Waals surface area contributed by atoms with E-state index in [9.17, 15) is 9.59 Å². The molecule has 128 valence electrons. The van der Waals surface area contributed by atoms with Crippen LogP contribution in [-0.4, -0.2) is 20.5 Å². The number of hydrogen-bond acceptors (Lipinski definition) is 4. The molecule has 0 radical (unpaired) electrons. The number of carbonyl (C=O) groups is 1. The number of H-pyrrole nitrogens is 1. The summed E-state index contributed by atoms with van der Waals surface area (Å²) < 4.78 is 6.81. The fourth-order valence-corrected chi connectivity index (χ4v) is 2.85. The van der Waals surface area contributed by atoms with Crippen LogP contribution in [0.4, 0.5) is 0 Å². The van der Waals surface area contributed by atoms with E-state index in [1.807, 2.05) is 30.3 Å². The average Bonchev–Trinajstić information content (AvgIpc) is 2.87. The Morgan fingerprint density at radius 3 is 2.60 bits per heavy atom. The molecule has 0 saturated carbocycles. The molecule has 0 aliphatic carbocycles. The predicted octanol–water partition coefficient (Wildman–Crippen LogP) is 3.53. The highest BCUT2D eigenvalue weighted by Crippen LogP contribution is 2.26. The van der Waals surface area contributed by atoms with Crippen LogP contribution < -0.4 is 5.56 Å². The molecule has 0 aliphatic rings. The van der Waals surface area contributed by atoms with Crippen LogP contribution in [0.2, 0.25) is 10.4 Å². The van der Waals surface area contributed by atoms with Gasteiger partial charge >= 0.3 is 5.97 Å². The van der Waals surface area contributed by atoms with Gasteiger partial charge in [-0.2, -0.15) is 0 Å². The van der Waals surface area contributed by atoms with Crippen LogP contribution in [0.5, 0.6) is 0 Å². The van der Waals surface area contributed by atoms with Gasteiger partial charge in [0, 0.05) is 11.4 Å². The van der Waals surface area contributed by atoms with E-state index in [0.29, 0.717) is 11.4 Å². The summed E-state index contributed by atoms with van der Waals surface area (Å²) in [6.07, 6.45) is 0. The number of hydrogen-bond donors (Lipinski definition) is 1. The van der Waals surface area contributed by atoms with Crippen molar-refractivity contribution in [3.8, 4) is 5.69 Å². The van der Waals surface area contributed by atoms with Crippen molar-refractivity contribution >= 4 is 29.2 Å². The van der Waals surface area contributed by atoms with Gasteiger partial charge < -0.3 is 9.72 Å². The lowest BCUT2D eigenvalue weighted by Gasteiger charge is -2.10. The zero-order valence-electron chi connectivity index (χ0n) is 13.1. The summed E-state index contributed by atoms with van der Waals surface area (Å²) in [7, 11) is 0. The molecule has 0 bridgehead atoms. The number of para-hydroxylation sites is 1. The van der Waals surface area contributed by atoms with Crippen LogP contribution in [0, 0.1) is 6.92 Å². The Kier molecular flexibility index (Phi) is 4.92. The first-order valence-electron chi connectivity index (χ1n) is 7.32. The fraction of sp³-hybridized carbons (Fsp3) is 0.118. The number of benzene rings is 1. The maximum Gasteiger partial charge on any atom is 0.344 e. The molecule has 2 heterocycles. The van der Waals surface area contributed by atoms with Crippen molar-refractivity contribution in [2.24, 2.45) is 0 Å². The van der Waals surface area contributed by atoms with Gasteiger partial charge in [-0.05, 0) is 42.8 Å². The van der Waals surface area contributed by atoms with E-state index < -0.39 is 11.5 Å². The molecular weight excluding hydrogens is 365 g/mol. The quantitative estimate of drug-likeness (QED) is 0.705. The number of nitrogens with one attached hydrogen (secondary N) is 1. The van der Waals surface area contributed by atoms with Gasteiger partial charge in [0.15, 0.2) is 5.15 Å². The van der Waals surface area contributed by atoms with Gasteiger partial charge in [-0.3, -0.25) is 9.36 Å². The second kappa shape index (κ2) is 7.13. The van der Waals surface area contributed by atoms with E-state index in [2.05, 4.69) is 9.97 Å². The summed E-state index contributed by atoms with van der Waals surface area (Å²) in [6.45, 7) is 1.54. The molecule has 0 atom stereocenters. The fourth-order valence-electron chi connectivity index (χ4n) is 2.31. The molecular formula is C17H13Cl2N3O3. The number of imidazole rings is 1. The Morgan fingerprint density at radius 1 is 1.20 bits per heavy atom. The van der Waals surface area contributed by atoms with Gasteiger partial charge in [-0.1, -0.05) is 29.8 Å². The van der Waals surface area contributed by atoms with Crippen molar-refractivity contribution in [3.63, 3.8) is 0 Å². The molecule has 2 aromatic heterocycles. The molecule has 0 saturated heterocycles. The van der Waals surface area contributed by atoms with Gasteiger partial charge in [-0.25, -0.2) is 9.78 Å². The highest BCUT2D eigenvalue weighted by Gasteiger charge is 2.19. The first-order valence-corrected chi connectivity index (χ1v) is 8.08. The van der Waals surface area contributed by atoms with Crippen molar-refractivity contribution in [1.29, 1.82) is 0 Å². The van der Waals surface area contributed by atoms with Gasteiger partial charge in [0.05, 0.1) is 0 Å². The minimum atomic E-state index is -0.755. The minimum absolute atomic E-state index is 0.0846. The van der Waals surface area contributed by atoms with E-state index >= 15 is 0 Å². The van der Waals surface area contributed by atoms with Crippen LogP contribution in [0.1, 0.15) is 21.7 Å². The summed E-state index contributed by atoms with van der Waals surface area (Å²) in [5.74, 6) is -0.755. The van der Waals surface area contributed by atoms with E-state index in [1.54, 1.807) is 17.6 Å². The Hall–Kier alpha value is -2.57. The molecule has 0 aliphatic heterocycles. The molecule has 3 aromatic rings. The second-order valence-corrected chi connectivity index (χ2v) is 5.95. The van der Waals surface area contributed by atoms with Gasteiger partial charge in [0.25, 0.3) is 5.56 Å². The van der Waals surface area contributed by atoms with E-state index in [4.69, 9.17) is 27.9 Å². The van der Waals surface area contributed by atoms with Crippen molar-refractivity contribution in [1.82, 2.24) is 14.5 Å². The number of pyridine rings is 1. The number of carbonyl (C=O) groups excluding carboxylic acids is 1. The third kappa shape index (κ3) is 3.60. The normalized spacial score (nSPS) is 10.7. The summed E-state index contributed by atoms with van der Waals surface area (Å²) in [5.41, 5.74) is 1.20. The molecule has 6 nitrogen and oxygen atoms in total. The van der Waals surface area contributed by atoms with Gasteiger partial charge in [0.2, 0.25) is 5.28 Å². The van der Waals surface area contributed by atoms with Crippen molar-refractivity contribution in [2.45, 2.75) is 13.5 Å². The van der Waals surface area contributed by atoms with Crippen LogP contribution in [0.3, 0.4) is 0 Å². The van der Waals surface area contributed by atoms with Crippen LogP contribution in [0.15, 0.2) is 47.3 Å². The SMILES string of the molecule is Cc1ccc(C(=O)OCc2c(Cl)nc(Cl)n2-c2ccccc2)c(=O)[nH]1. The lowest BCUT2D eigenvalue weighted by atomic mass is 10.2. The van der Waals surface area contributed by atoms with E-state index in [-0.39, 0.29) is 22.6 Å². The second-order valence-electron chi connectivity index (χ2n) is 5.25. The van der Waals surface area contributed by atoms with E-state index in [1.165, 1.54) is 6.07 Å². The molecule has 1 aromatic carbocycles. The maximum absolute atomic E-state index is 12.2. The van der Waals surface area contributed by atoms with Crippen molar-refractivity contribution in [3.05, 3.63) is 80.2 Å². The predicted molar refractivity (Wildman–Crippen MR) is 94.5 cm³/mol. The number of halogens is 2. The van der Waals surface area contributed by atoms with Crippen LogP contribution >= 0.6 is 23.2 Å². The average molecular weight is 378 g/mol. The molecule has 8 heteroatoms. The number of aromatic nitrogens is 3. The molecule has 25 heavy (non-hydrogen) atoms. The number of aryl methyl sites for hydroxylation is 1. The Labute approximate surface area is 153 Å². The standard InChI is InChI=1S/C17H13Cl2N3O3/c1-10-7-8-12(15(23)20-10)16(24)25-9-13-14(18)21-17(19)22(13)11-5-3-2-4-6-11/h2-8H,9H2,1H3,(H,20,23). The lowest BCUT2D eigenvalue weighted by Crippen LogP contribution is -2.20. The summed E-state index contributed by atoms with van der Waals surface area (Å²) in [6, 6.07) is 12.2. The first-order chi connectivity index (χ1) is 12.0. The Morgan fingerprint density at radius 2 is 1.92 bits per heavy atom. The molecule has 0 unspecified atom stereocenters. The monoisotopic (exact) mass is 377 g/mol. The molecule has 1 N–H and O–H groups in total. The van der Waals surface area contributed by atoms with Crippen molar-refractivity contribution in [2.75, 3.05) is 0 Å². The topological polar surface area (TPSA) is 77.0 Å². The smallest absolute Gasteiger partial charge is 0.344 e.